The molecule has 0 spiro atoms. The first-order chi connectivity index (χ1) is 12.9. The molecule has 3 nitrogen and oxygen atoms in total. The molecule has 130 valence electrons. The summed E-state index contributed by atoms with van der Waals surface area (Å²) in [7, 11) is 0. The quantitative estimate of drug-likeness (QED) is 0.659. The van der Waals surface area contributed by atoms with E-state index in [-0.39, 0.29) is 0 Å². The van der Waals surface area contributed by atoms with E-state index in [0.29, 0.717) is 0 Å². The summed E-state index contributed by atoms with van der Waals surface area (Å²) in [5.74, 6) is 6.54. The molecule has 4 rings (SSSR count). The molecule has 1 fully saturated rings. The van der Waals surface area contributed by atoms with Crippen molar-refractivity contribution in [3.63, 3.8) is 0 Å². The van der Waals surface area contributed by atoms with Crippen LogP contribution in [0.4, 0.5) is 5.13 Å². The smallest absolute Gasteiger partial charge is 0.185 e. The summed E-state index contributed by atoms with van der Waals surface area (Å²) in [6.07, 6.45) is 1.99. The second kappa shape index (κ2) is 8.18. The molecule has 2 aromatic carbocycles. The van der Waals surface area contributed by atoms with Gasteiger partial charge in [-0.2, -0.15) is 0 Å². The molecule has 1 aliphatic heterocycles. The third-order valence-electron chi connectivity index (χ3n) is 4.50. The number of anilines is 1. The van der Waals surface area contributed by atoms with E-state index in [4.69, 9.17) is 0 Å². The highest BCUT2D eigenvalue weighted by atomic mass is 32.1. The number of hydrogen-bond donors (Lipinski definition) is 0. The zero-order valence-corrected chi connectivity index (χ0v) is 15.5. The van der Waals surface area contributed by atoms with E-state index in [1.807, 2.05) is 30.5 Å². The highest BCUT2D eigenvalue weighted by molar-refractivity contribution is 7.18. The summed E-state index contributed by atoms with van der Waals surface area (Å²) in [4.78, 5) is 10.7. The average Bonchev–Trinajstić information content (AvgIpc) is 3.20. The van der Waals surface area contributed by atoms with Crippen LogP contribution in [0.3, 0.4) is 0 Å². The maximum Gasteiger partial charge on any atom is 0.185 e. The van der Waals surface area contributed by atoms with Crippen LogP contribution in [0.1, 0.15) is 5.56 Å². The van der Waals surface area contributed by atoms with Crippen molar-refractivity contribution in [2.24, 2.45) is 0 Å². The second-order valence-electron chi connectivity index (χ2n) is 6.30. The van der Waals surface area contributed by atoms with Crippen molar-refractivity contribution in [2.75, 3.05) is 37.6 Å². The van der Waals surface area contributed by atoms with Gasteiger partial charge < -0.3 is 4.90 Å². The Morgan fingerprint density at radius 3 is 2.31 bits per heavy atom. The summed E-state index contributed by atoms with van der Waals surface area (Å²) in [5.41, 5.74) is 2.33. The van der Waals surface area contributed by atoms with Crippen LogP contribution in [0.15, 0.2) is 66.9 Å². The minimum Gasteiger partial charge on any atom is -0.346 e. The number of piperazine rings is 1. The normalized spacial score (nSPS) is 14.7. The van der Waals surface area contributed by atoms with Gasteiger partial charge in [-0.25, -0.2) is 4.98 Å². The van der Waals surface area contributed by atoms with E-state index in [1.54, 1.807) is 11.3 Å². The number of benzene rings is 2. The first kappa shape index (κ1) is 16.8. The molecule has 0 unspecified atom stereocenters. The number of nitrogens with zero attached hydrogens (tertiary/aromatic N) is 3. The Morgan fingerprint density at radius 1 is 0.885 bits per heavy atom. The Kier molecular flexibility index (Phi) is 5.30. The molecule has 1 aromatic heterocycles. The van der Waals surface area contributed by atoms with Gasteiger partial charge >= 0.3 is 0 Å². The Hall–Kier alpha value is -2.61. The van der Waals surface area contributed by atoms with Crippen LogP contribution >= 0.6 is 11.3 Å². The fourth-order valence-electron chi connectivity index (χ4n) is 3.02. The zero-order chi connectivity index (χ0) is 17.6. The Bertz CT molecular complexity index is 885. The molecule has 26 heavy (non-hydrogen) atoms. The van der Waals surface area contributed by atoms with E-state index < -0.39 is 0 Å². The molecule has 0 radical (unpaired) electrons. The molecule has 0 saturated carbocycles. The molecule has 4 heteroatoms. The molecule has 1 saturated heterocycles. The Morgan fingerprint density at radius 2 is 1.58 bits per heavy atom. The van der Waals surface area contributed by atoms with Gasteiger partial charge in [0.25, 0.3) is 0 Å². The van der Waals surface area contributed by atoms with E-state index in [2.05, 4.69) is 63.0 Å². The van der Waals surface area contributed by atoms with Gasteiger partial charge in [-0.15, -0.1) is 0 Å². The zero-order valence-electron chi connectivity index (χ0n) is 14.6. The van der Waals surface area contributed by atoms with E-state index in [1.165, 1.54) is 10.4 Å². The van der Waals surface area contributed by atoms with E-state index in [0.717, 1.165) is 43.4 Å². The topological polar surface area (TPSA) is 19.4 Å². The maximum absolute atomic E-state index is 4.64. The molecule has 0 aliphatic carbocycles. The van der Waals surface area contributed by atoms with Crippen LogP contribution in [0, 0.1) is 11.8 Å². The van der Waals surface area contributed by atoms with Crippen LogP contribution in [0.5, 0.6) is 0 Å². The number of thiazole rings is 1. The largest absolute Gasteiger partial charge is 0.346 e. The van der Waals surface area contributed by atoms with Crippen molar-refractivity contribution >= 4 is 16.5 Å². The van der Waals surface area contributed by atoms with Crippen molar-refractivity contribution in [3.05, 3.63) is 72.4 Å². The highest BCUT2D eigenvalue weighted by Gasteiger charge is 2.19. The third-order valence-corrected chi connectivity index (χ3v) is 5.61. The molecule has 2 heterocycles. The number of hydrogen-bond acceptors (Lipinski definition) is 4. The standard InChI is InChI=1S/C22H21N3S/c1-3-8-19(9-4-1)10-7-13-24-14-16-25(17-15-24)22-23-18-21(26-22)20-11-5-2-6-12-20/h1-6,8-9,11-12,18H,13-17H2. The lowest BCUT2D eigenvalue weighted by Crippen LogP contribution is -2.46. The minimum absolute atomic E-state index is 0.829. The minimum atomic E-state index is 0.829. The fraction of sp³-hybridized carbons (Fsp3) is 0.227. The maximum atomic E-state index is 4.64. The molecule has 1 aliphatic rings. The second-order valence-corrected chi connectivity index (χ2v) is 7.31. The predicted octanol–water partition coefficient (Wildman–Crippen LogP) is 3.98. The van der Waals surface area contributed by atoms with Gasteiger partial charge in [0.05, 0.1) is 11.4 Å². The molecule has 0 atom stereocenters. The monoisotopic (exact) mass is 359 g/mol. The lowest BCUT2D eigenvalue weighted by molar-refractivity contribution is 0.288. The Balaban J connectivity index is 1.31. The van der Waals surface area contributed by atoms with Crippen LogP contribution in [-0.4, -0.2) is 42.6 Å². The summed E-state index contributed by atoms with van der Waals surface area (Å²) >= 11 is 1.78. The summed E-state index contributed by atoms with van der Waals surface area (Å²) < 4.78 is 0. The average molecular weight is 359 g/mol. The fourth-order valence-corrected chi connectivity index (χ4v) is 3.99. The van der Waals surface area contributed by atoms with Gasteiger partial charge in [0.2, 0.25) is 0 Å². The predicted molar refractivity (Wildman–Crippen MR) is 110 cm³/mol. The van der Waals surface area contributed by atoms with Gasteiger partial charge in [0.1, 0.15) is 0 Å². The molecular formula is C22H21N3S. The first-order valence-corrected chi connectivity index (χ1v) is 9.72. The van der Waals surface area contributed by atoms with Crippen molar-refractivity contribution < 1.29 is 0 Å². The molecule has 3 aromatic rings. The van der Waals surface area contributed by atoms with Gasteiger partial charge in [0.15, 0.2) is 5.13 Å². The number of aromatic nitrogens is 1. The van der Waals surface area contributed by atoms with Gasteiger partial charge in [-0.05, 0) is 17.7 Å². The van der Waals surface area contributed by atoms with Crippen LogP contribution in [0.2, 0.25) is 0 Å². The van der Waals surface area contributed by atoms with Gasteiger partial charge in [0, 0.05) is 37.9 Å². The highest BCUT2D eigenvalue weighted by Crippen LogP contribution is 2.31. The molecular weight excluding hydrogens is 338 g/mol. The molecule has 0 N–H and O–H groups in total. The van der Waals surface area contributed by atoms with Crippen molar-refractivity contribution in [1.29, 1.82) is 0 Å². The van der Waals surface area contributed by atoms with Crippen molar-refractivity contribution in [3.8, 4) is 22.3 Å². The summed E-state index contributed by atoms with van der Waals surface area (Å²) in [6, 6.07) is 20.7. The van der Waals surface area contributed by atoms with E-state index >= 15 is 0 Å². The number of rotatable bonds is 3. The molecule has 0 bridgehead atoms. The third kappa shape index (κ3) is 4.13. The Labute approximate surface area is 158 Å². The summed E-state index contributed by atoms with van der Waals surface area (Å²) in [6.45, 7) is 4.91. The summed E-state index contributed by atoms with van der Waals surface area (Å²) in [5, 5.41) is 1.12. The van der Waals surface area contributed by atoms with Crippen molar-refractivity contribution in [2.45, 2.75) is 0 Å². The first-order valence-electron chi connectivity index (χ1n) is 8.91. The lowest BCUT2D eigenvalue weighted by Gasteiger charge is -2.33. The van der Waals surface area contributed by atoms with Crippen LogP contribution in [0.25, 0.3) is 10.4 Å². The lowest BCUT2D eigenvalue weighted by atomic mass is 10.2. The van der Waals surface area contributed by atoms with Crippen LogP contribution in [-0.2, 0) is 0 Å². The molecule has 0 amide bonds. The van der Waals surface area contributed by atoms with Gasteiger partial charge in [-0.1, -0.05) is 71.7 Å². The van der Waals surface area contributed by atoms with Crippen LogP contribution < -0.4 is 4.90 Å². The van der Waals surface area contributed by atoms with Crippen molar-refractivity contribution in [1.82, 2.24) is 9.88 Å². The SMILES string of the molecule is C(#Cc1ccccc1)CN1CCN(c2ncc(-c3ccccc3)s2)CC1. The van der Waals surface area contributed by atoms with Gasteiger partial charge in [-0.3, -0.25) is 4.90 Å². The van der Waals surface area contributed by atoms with E-state index in [9.17, 15) is 0 Å².